The zero-order chi connectivity index (χ0) is 18.8. The van der Waals surface area contributed by atoms with E-state index in [1.165, 1.54) is 23.0 Å². The lowest BCUT2D eigenvalue weighted by Crippen LogP contribution is -2.51. The van der Waals surface area contributed by atoms with Gasteiger partial charge in [-0.3, -0.25) is 14.6 Å². The zero-order valence-electron chi connectivity index (χ0n) is 15.1. The van der Waals surface area contributed by atoms with Crippen molar-refractivity contribution in [2.45, 2.75) is 6.92 Å². The molecule has 4 nitrogen and oxygen atoms in total. The van der Waals surface area contributed by atoms with E-state index in [1.807, 2.05) is 23.6 Å². The number of aryl methyl sites for hydroxylation is 1. The van der Waals surface area contributed by atoms with E-state index in [1.54, 1.807) is 16.2 Å². The molecule has 2 fully saturated rings. The van der Waals surface area contributed by atoms with Crippen LogP contribution in [0.5, 0.6) is 0 Å². The van der Waals surface area contributed by atoms with Gasteiger partial charge in [0, 0.05) is 36.7 Å². The van der Waals surface area contributed by atoms with Gasteiger partial charge in [-0.15, -0.1) is 11.3 Å². The smallest absolute Gasteiger partial charge is 0.267 e. The highest BCUT2D eigenvalue weighted by atomic mass is 32.2. The highest BCUT2D eigenvalue weighted by Gasteiger charge is 2.33. The molecule has 2 aliphatic heterocycles. The van der Waals surface area contributed by atoms with Crippen molar-refractivity contribution in [3.63, 3.8) is 0 Å². The molecule has 4 rings (SSSR count). The van der Waals surface area contributed by atoms with Crippen LogP contribution in [0.3, 0.4) is 0 Å². The van der Waals surface area contributed by atoms with Crippen molar-refractivity contribution in [2.75, 3.05) is 37.7 Å². The number of para-hydroxylation sites is 1. The Labute approximate surface area is 173 Å². The summed E-state index contributed by atoms with van der Waals surface area (Å²) < 4.78 is 0.657. The van der Waals surface area contributed by atoms with Gasteiger partial charge in [0.15, 0.2) is 0 Å². The summed E-state index contributed by atoms with van der Waals surface area (Å²) in [6.07, 6.45) is 1.94. The number of amides is 1. The van der Waals surface area contributed by atoms with Crippen LogP contribution in [-0.4, -0.2) is 52.9 Å². The topological polar surface area (TPSA) is 26.8 Å². The van der Waals surface area contributed by atoms with Gasteiger partial charge >= 0.3 is 0 Å². The number of piperazine rings is 1. The summed E-state index contributed by atoms with van der Waals surface area (Å²) in [5.74, 6) is 0.0275. The first-order valence-electron chi connectivity index (χ1n) is 8.93. The summed E-state index contributed by atoms with van der Waals surface area (Å²) in [6, 6.07) is 12.5. The third-order valence-corrected chi connectivity index (χ3v) is 7.06. The summed E-state index contributed by atoms with van der Waals surface area (Å²) in [5, 5.41) is 2.01. The summed E-state index contributed by atoms with van der Waals surface area (Å²) in [7, 11) is 0. The molecule has 2 aromatic rings. The Balaban J connectivity index is 1.37. The van der Waals surface area contributed by atoms with E-state index in [2.05, 4.69) is 41.0 Å². The highest BCUT2D eigenvalue weighted by molar-refractivity contribution is 8.26. The number of thioether (sulfide) groups is 1. The predicted molar refractivity (Wildman–Crippen MR) is 119 cm³/mol. The van der Waals surface area contributed by atoms with Crippen molar-refractivity contribution in [1.29, 1.82) is 0 Å². The molecule has 7 heteroatoms. The maximum Gasteiger partial charge on any atom is 0.267 e. The highest BCUT2D eigenvalue weighted by Crippen LogP contribution is 2.33. The van der Waals surface area contributed by atoms with Crippen LogP contribution >= 0.6 is 35.3 Å². The van der Waals surface area contributed by atoms with Gasteiger partial charge < -0.3 is 4.90 Å². The molecule has 1 aromatic heterocycles. The van der Waals surface area contributed by atoms with Gasteiger partial charge in [0.1, 0.15) is 4.32 Å². The number of nitrogens with zero attached hydrogens (tertiary/aromatic N) is 3. The lowest BCUT2D eigenvalue weighted by Gasteiger charge is -2.38. The number of benzene rings is 1. The second kappa shape index (κ2) is 8.14. The van der Waals surface area contributed by atoms with Crippen molar-refractivity contribution >= 4 is 57.3 Å². The van der Waals surface area contributed by atoms with E-state index in [9.17, 15) is 4.79 Å². The molecular weight excluding hydrogens is 394 g/mol. The van der Waals surface area contributed by atoms with Crippen LogP contribution in [0, 0.1) is 6.92 Å². The largest absolute Gasteiger partial charge is 0.369 e. The third-order valence-electron chi connectivity index (χ3n) is 4.86. The molecular formula is C20H21N3OS3. The van der Waals surface area contributed by atoms with Crippen LogP contribution < -0.4 is 4.90 Å². The van der Waals surface area contributed by atoms with Crippen molar-refractivity contribution in [2.24, 2.45) is 0 Å². The second-order valence-corrected chi connectivity index (χ2v) is 9.31. The zero-order valence-corrected chi connectivity index (χ0v) is 17.6. The molecule has 1 amide bonds. The van der Waals surface area contributed by atoms with Gasteiger partial charge in [-0.2, -0.15) is 0 Å². The quantitative estimate of drug-likeness (QED) is 0.555. The molecule has 140 valence electrons. The predicted octanol–water partition coefficient (Wildman–Crippen LogP) is 4.04. The fraction of sp³-hybridized carbons (Fsp3) is 0.300. The van der Waals surface area contributed by atoms with E-state index in [0.29, 0.717) is 11.0 Å². The number of carbonyl (C=O) groups excluding carboxylic acids is 1. The van der Waals surface area contributed by atoms with Gasteiger partial charge in [-0.25, -0.2) is 0 Å². The Morgan fingerprint density at radius 1 is 1.11 bits per heavy atom. The first-order chi connectivity index (χ1) is 13.1. The molecule has 3 heterocycles. The van der Waals surface area contributed by atoms with E-state index in [0.717, 1.165) is 36.0 Å². The molecule has 0 unspecified atom stereocenters. The van der Waals surface area contributed by atoms with Crippen LogP contribution in [0.25, 0.3) is 6.08 Å². The SMILES string of the molecule is Cc1ccccc1N1CCN(CN2C(=O)/C(=C\c3cccs3)SC2=S)CC1. The Morgan fingerprint density at radius 2 is 1.89 bits per heavy atom. The minimum atomic E-state index is 0.0275. The number of hydrogen-bond donors (Lipinski definition) is 0. The van der Waals surface area contributed by atoms with Gasteiger partial charge in [0.2, 0.25) is 0 Å². The molecule has 2 saturated heterocycles. The number of anilines is 1. The van der Waals surface area contributed by atoms with Crippen molar-refractivity contribution < 1.29 is 4.79 Å². The van der Waals surface area contributed by atoms with Gasteiger partial charge in [-0.1, -0.05) is 48.2 Å². The van der Waals surface area contributed by atoms with Gasteiger partial charge in [0.05, 0.1) is 11.6 Å². The van der Waals surface area contributed by atoms with Crippen LogP contribution in [0.2, 0.25) is 0 Å². The minimum Gasteiger partial charge on any atom is -0.369 e. The fourth-order valence-corrected chi connectivity index (χ4v) is 5.34. The summed E-state index contributed by atoms with van der Waals surface area (Å²) in [5.41, 5.74) is 2.61. The molecule has 0 N–H and O–H groups in total. The fourth-order valence-electron chi connectivity index (χ4n) is 3.37. The summed E-state index contributed by atoms with van der Waals surface area (Å²) in [6.45, 7) is 6.51. The molecule has 0 radical (unpaired) electrons. The van der Waals surface area contributed by atoms with Crippen LogP contribution in [0.1, 0.15) is 10.4 Å². The molecule has 0 bridgehead atoms. The Hall–Kier alpha value is -1.67. The van der Waals surface area contributed by atoms with E-state index >= 15 is 0 Å². The van der Waals surface area contributed by atoms with Crippen LogP contribution in [-0.2, 0) is 4.79 Å². The standard InChI is InChI=1S/C20H21N3OS3/c1-15-5-2-3-7-17(15)22-10-8-21(9-11-22)14-23-19(24)18(27-20(23)25)13-16-6-4-12-26-16/h2-7,12-13H,8-11,14H2,1H3/b18-13+. The lowest BCUT2D eigenvalue weighted by molar-refractivity contribution is -0.123. The Kier molecular flexibility index (Phi) is 5.63. The molecule has 1 aromatic carbocycles. The Bertz CT molecular complexity index is 870. The average molecular weight is 416 g/mol. The number of rotatable bonds is 4. The maximum absolute atomic E-state index is 12.8. The molecule has 0 atom stereocenters. The summed E-state index contributed by atoms with van der Waals surface area (Å²) >= 11 is 8.51. The molecule has 0 aliphatic carbocycles. The summed E-state index contributed by atoms with van der Waals surface area (Å²) in [4.78, 5) is 21.0. The first-order valence-corrected chi connectivity index (χ1v) is 11.0. The van der Waals surface area contributed by atoms with Gasteiger partial charge in [0.25, 0.3) is 5.91 Å². The number of thiocarbonyl (C=S) groups is 1. The lowest BCUT2D eigenvalue weighted by atomic mass is 10.1. The Morgan fingerprint density at radius 3 is 2.59 bits per heavy atom. The second-order valence-electron chi connectivity index (χ2n) is 6.66. The number of carbonyl (C=O) groups is 1. The van der Waals surface area contributed by atoms with E-state index in [-0.39, 0.29) is 5.91 Å². The minimum absolute atomic E-state index is 0.0275. The van der Waals surface area contributed by atoms with Crippen LogP contribution in [0.4, 0.5) is 5.69 Å². The van der Waals surface area contributed by atoms with E-state index < -0.39 is 0 Å². The van der Waals surface area contributed by atoms with Gasteiger partial charge in [-0.05, 0) is 36.1 Å². The third kappa shape index (κ3) is 4.11. The molecule has 0 saturated carbocycles. The van der Waals surface area contributed by atoms with Crippen molar-refractivity contribution in [1.82, 2.24) is 9.80 Å². The van der Waals surface area contributed by atoms with E-state index in [4.69, 9.17) is 12.2 Å². The molecule has 27 heavy (non-hydrogen) atoms. The number of hydrogen-bond acceptors (Lipinski definition) is 6. The van der Waals surface area contributed by atoms with Crippen molar-refractivity contribution in [3.8, 4) is 0 Å². The molecule has 2 aliphatic rings. The molecule has 0 spiro atoms. The van der Waals surface area contributed by atoms with Crippen LogP contribution in [0.15, 0.2) is 46.7 Å². The number of thiophene rings is 1. The first kappa shape index (κ1) is 18.7. The maximum atomic E-state index is 12.8. The van der Waals surface area contributed by atoms with Crippen molar-refractivity contribution in [3.05, 3.63) is 57.1 Å². The average Bonchev–Trinajstić information content (AvgIpc) is 3.27. The normalized spacial score (nSPS) is 20.1. The monoisotopic (exact) mass is 415 g/mol.